The summed E-state index contributed by atoms with van der Waals surface area (Å²) < 4.78 is 10.5. The summed E-state index contributed by atoms with van der Waals surface area (Å²) >= 11 is 0. The summed E-state index contributed by atoms with van der Waals surface area (Å²) in [6, 6.07) is 16.7. The van der Waals surface area contributed by atoms with E-state index in [0.717, 1.165) is 22.4 Å². The molecule has 2 aromatic carbocycles. The minimum atomic E-state index is -0.652. The number of carbonyl (C=O) groups excluding carboxylic acids is 1. The number of anilines is 1. The van der Waals surface area contributed by atoms with Crippen LogP contribution < -0.4 is 5.32 Å². The zero-order chi connectivity index (χ0) is 17.6. The van der Waals surface area contributed by atoms with Gasteiger partial charge in [-0.2, -0.15) is 5.26 Å². The average molecular weight is 333 g/mol. The maximum atomic E-state index is 11.5. The van der Waals surface area contributed by atoms with Crippen LogP contribution in [0.3, 0.4) is 0 Å². The molecule has 6 heteroatoms. The summed E-state index contributed by atoms with van der Waals surface area (Å²) in [6.45, 7) is 1.90. The monoisotopic (exact) mass is 333 g/mol. The summed E-state index contributed by atoms with van der Waals surface area (Å²) in [5, 5.41) is 11.9. The second-order valence-corrected chi connectivity index (χ2v) is 5.10. The smallest absolute Gasteiger partial charge is 0.350 e. The van der Waals surface area contributed by atoms with Crippen molar-refractivity contribution in [3.05, 3.63) is 60.3 Å². The fourth-order valence-corrected chi connectivity index (χ4v) is 2.21. The first-order valence-corrected chi connectivity index (χ1v) is 7.71. The van der Waals surface area contributed by atoms with Crippen molar-refractivity contribution in [3.63, 3.8) is 0 Å². The number of nitrogens with zero attached hydrogens (tertiary/aromatic N) is 2. The standard InChI is InChI=1S/C19H15N3O3/c1-2-24-19(23)14(11-20)12-21-15-9-7-13(8-10-15)18-22-16-5-3-4-6-17(16)25-18/h3-10,12,21H,2H2,1H3/b14-12+. The van der Waals surface area contributed by atoms with Crippen molar-refractivity contribution in [2.24, 2.45) is 0 Å². The molecule has 25 heavy (non-hydrogen) atoms. The minimum Gasteiger partial charge on any atom is -0.462 e. The Morgan fingerprint density at radius 1 is 1.28 bits per heavy atom. The van der Waals surface area contributed by atoms with Crippen LogP contribution in [0.1, 0.15) is 6.92 Å². The summed E-state index contributed by atoms with van der Waals surface area (Å²) in [6.07, 6.45) is 1.33. The highest BCUT2D eigenvalue weighted by molar-refractivity contribution is 5.93. The van der Waals surface area contributed by atoms with Crippen molar-refractivity contribution < 1.29 is 13.9 Å². The van der Waals surface area contributed by atoms with Crippen molar-refractivity contribution >= 4 is 22.8 Å². The molecule has 0 unspecified atom stereocenters. The molecule has 124 valence electrons. The second kappa shape index (κ2) is 7.32. The fraction of sp³-hybridized carbons (Fsp3) is 0.105. The first kappa shape index (κ1) is 16.3. The van der Waals surface area contributed by atoms with E-state index < -0.39 is 5.97 Å². The van der Waals surface area contributed by atoms with Gasteiger partial charge < -0.3 is 14.5 Å². The van der Waals surface area contributed by atoms with Crippen LogP contribution in [0.25, 0.3) is 22.6 Å². The zero-order valence-electron chi connectivity index (χ0n) is 13.5. The Morgan fingerprint density at radius 3 is 2.72 bits per heavy atom. The number of nitriles is 1. The molecule has 0 saturated carbocycles. The molecule has 0 atom stereocenters. The number of hydrogen-bond acceptors (Lipinski definition) is 6. The molecule has 1 aromatic heterocycles. The normalized spacial score (nSPS) is 11.1. The topological polar surface area (TPSA) is 88.2 Å². The third-order valence-electron chi connectivity index (χ3n) is 3.42. The lowest BCUT2D eigenvalue weighted by atomic mass is 10.2. The van der Waals surface area contributed by atoms with E-state index in [2.05, 4.69) is 10.3 Å². The van der Waals surface area contributed by atoms with E-state index in [4.69, 9.17) is 14.4 Å². The van der Waals surface area contributed by atoms with Gasteiger partial charge in [0.15, 0.2) is 11.2 Å². The molecule has 0 aliphatic carbocycles. The third-order valence-corrected chi connectivity index (χ3v) is 3.42. The van der Waals surface area contributed by atoms with E-state index in [-0.39, 0.29) is 12.2 Å². The summed E-state index contributed by atoms with van der Waals surface area (Å²) in [4.78, 5) is 16.0. The Hall–Kier alpha value is -3.59. The molecule has 3 aromatic rings. The number of aromatic nitrogens is 1. The SMILES string of the molecule is CCOC(=O)/C(C#N)=C/Nc1ccc(-c2nc3ccccc3o2)cc1. The molecule has 1 heterocycles. The van der Waals surface area contributed by atoms with Gasteiger partial charge in [0.2, 0.25) is 5.89 Å². The van der Waals surface area contributed by atoms with Crippen LogP contribution in [-0.2, 0) is 9.53 Å². The Morgan fingerprint density at radius 2 is 2.04 bits per heavy atom. The highest BCUT2D eigenvalue weighted by atomic mass is 16.5. The number of oxazole rings is 1. The van der Waals surface area contributed by atoms with Crippen molar-refractivity contribution in [2.45, 2.75) is 6.92 Å². The number of hydrogen-bond donors (Lipinski definition) is 1. The first-order chi connectivity index (χ1) is 12.2. The number of fused-ring (bicyclic) bond motifs is 1. The average Bonchev–Trinajstić information content (AvgIpc) is 3.07. The third kappa shape index (κ3) is 3.67. The molecule has 0 bridgehead atoms. The van der Waals surface area contributed by atoms with Gasteiger partial charge in [-0.25, -0.2) is 9.78 Å². The van der Waals surface area contributed by atoms with Gasteiger partial charge >= 0.3 is 5.97 Å². The van der Waals surface area contributed by atoms with Crippen LogP contribution in [0.15, 0.2) is 64.7 Å². The maximum Gasteiger partial charge on any atom is 0.350 e. The van der Waals surface area contributed by atoms with E-state index in [9.17, 15) is 4.79 Å². The van der Waals surface area contributed by atoms with Crippen molar-refractivity contribution in [2.75, 3.05) is 11.9 Å². The van der Waals surface area contributed by atoms with Gasteiger partial charge in [0.25, 0.3) is 0 Å². The summed E-state index contributed by atoms with van der Waals surface area (Å²) in [7, 11) is 0. The number of carbonyl (C=O) groups is 1. The van der Waals surface area contributed by atoms with Crippen LogP contribution in [0, 0.1) is 11.3 Å². The molecule has 0 aliphatic heterocycles. The molecule has 3 rings (SSSR count). The Labute approximate surface area is 144 Å². The number of nitrogens with one attached hydrogen (secondary N) is 1. The summed E-state index contributed by atoms with van der Waals surface area (Å²) in [5.41, 5.74) is 2.99. The number of esters is 1. The number of ether oxygens (including phenoxy) is 1. The van der Waals surface area contributed by atoms with Gasteiger partial charge in [0, 0.05) is 17.5 Å². The van der Waals surface area contributed by atoms with Crippen molar-refractivity contribution in [1.29, 1.82) is 5.26 Å². The van der Waals surface area contributed by atoms with Gasteiger partial charge in [0.05, 0.1) is 6.61 Å². The quantitative estimate of drug-likeness (QED) is 0.433. The molecule has 0 radical (unpaired) electrons. The van der Waals surface area contributed by atoms with Crippen LogP contribution in [-0.4, -0.2) is 17.6 Å². The maximum absolute atomic E-state index is 11.5. The largest absolute Gasteiger partial charge is 0.462 e. The minimum absolute atomic E-state index is 0.0927. The van der Waals surface area contributed by atoms with E-state index in [1.807, 2.05) is 42.5 Å². The van der Waals surface area contributed by atoms with Gasteiger partial charge in [-0.15, -0.1) is 0 Å². The van der Waals surface area contributed by atoms with Crippen LogP contribution in [0.4, 0.5) is 5.69 Å². The van der Waals surface area contributed by atoms with Gasteiger partial charge in [-0.1, -0.05) is 12.1 Å². The molecule has 1 N–H and O–H groups in total. The van der Waals surface area contributed by atoms with E-state index >= 15 is 0 Å². The molecular weight excluding hydrogens is 318 g/mol. The fourth-order valence-electron chi connectivity index (χ4n) is 2.21. The number of rotatable bonds is 5. The number of benzene rings is 2. The molecule has 0 saturated heterocycles. The molecule has 0 spiro atoms. The predicted molar refractivity (Wildman–Crippen MR) is 93.4 cm³/mol. The molecule has 0 aliphatic rings. The van der Waals surface area contributed by atoms with E-state index in [0.29, 0.717) is 5.89 Å². The summed E-state index contributed by atoms with van der Waals surface area (Å²) in [5.74, 6) is -0.117. The van der Waals surface area contributed by atoms with Crippen LogP contribution in [0.2, 0.25) is 0 Å². The zero-order valence-corrected chi connectivity index (χ0v) is 13.5. The lowest BCUT2D eigenvalue weighted by molar-refractivity contribution is -0.138. The molecule has 0 amide bonds. The van der Waals surface area contributed by atoms with Gasteiger partial charge in [-0.3, -0.25) is 0 Å². The first-order valence-electron chi connectivity index (χ1n) is 7.71. The predicted octanol–water partition coefficient (Wildman–Crippen LogP) is 3.88. The Kier molecular flexibility index (Phi) is 4.77. The van der Waals surface area contributed by atoms with Crippen LogP contribution in [0.5, 0.6) is 0 Å². The van der Waals surface area contributed by atoms with Crippen LogP contribution >= 0.6 is 0 Å². The van der Waals surface area contributed by atoms with E-state index in [1.54, 1.807) is 19.1 Å². The Bertz CT molecular complexity index is 932. The highest BCUT2D eigenvalue weighted by Gasteiger charge is 2.10. The molecule has 6 nitrogen and oxygen atoms in total. The molecular formula is C19H15N3O3. The van der Waals surface area contributed by atoms with Gasteiger partial charge in [0.1, 0.15) is 11.6 Å². The lowest BCUT2D eigenvalue weighted by Gasteiger charge is -2.03. The highest BCUT2D eigenvalue weighted by Crippen LogP contribution is 2.25. The van der Waals surface area contributed by atoms with Gasteiger partial charge in [-0.05, 0) is 43.3 Å². The van der Waals surface area contributed by atoms with Crippen molar-refractivity contribution in [3.8, 4) is 17.5 Å². The van der Waals surface area contributed by atoms with E-state index in [1.165, 1.54) is 6.20 Å². The number of para-hydroxylation sites is 2. The second-order valence-electron chi connectivity index (χ2n) is 5.10. The van der Waals surface area contributed by atoms with Crippen molar-refractivity contribution in [1.82, 2.24) is 4.98 Å². The molecule has 0 fully saturated rings. The Balaban J connectivity index is 1.76. The lowest BCUT2D eigenvalue weighted by Crippen LogP contribution is -2.07.